The number of amides is 2. The van der Waals surface area contributed by atoms with Gasteiger partial charge in [0.15, 0.2) is 6.61 Å². The number of aryl methyl sites for hydroxylation is 3. The van der Waals surface area contributed by atoms with Crippen LogP contribution in [0.3, 0.4) is 0 Å². The number of hydrogen-bond acceptors (Lipinski definition) is 3. The van der Waals surface area contributed by atoms with Gasteiger partial charge in [0, 0.05) is 17.6 Å². The zero-order valence-electron chi connectivity index (χ0n) is 20.1. The van der Waals surface area contributed by atoms with Crippen molar-refractivity contribution in [1.29, 1.82) is 0 Å². The highest BCUT2D eigenvalue weighted by Crippen LogP contribution is 2.26. The van der Waals surface area contributed by atoms with Gasteiger partial charge in [-0.05, 0) is 74.4 Å². The number of carbonyl (C=O) groups is 2. The molecule has 2 aromatic rings. The number of hydrogen-bond donors (Lipinski definition) is 1. The minimum atomic E-state index is -0.546. The average molecular weight is 471 g/mol. The molecular weight excluding hydrogens is 436 g/mol. The number of halogens is 1. The van der Waals surface area contributed by atoms with E-state index < -0.39 is 6.04 Å². The highest BCUT2D eigenvalue weighted by molar-refractivity contribution is 6.32. The Morgan fingerprint density at radius 3 is 2.33 bits per heavy atom. The van der Waals surface area contributed by atoms with Crippen molar-refractivity contribution in [1.82, 2.24) is 10.2 Å². The average Bonchev–Trinajstić information content (AvgIpc) is 3.29. The van der Waals surface area contributed by atoms with E-state index in [1.807, 2.05) is 64.1 Å². The van der Waals surface area contributed by atoms with Crippen LogP contribution >= 0.6 is 11.6 Å². The molecule has 6 heteroatoms. The lowest BCUT2D eigenvalue weighted by Gasteiger charge is -2.32. The molecule has 5 nitrogen and oxygen atoms in total. The summed E-state index contributed by atoms with van der Waals surface area (Å²) in [5.74, 6) is 0.309. The van der Waals surface area contributed by atoms with Crippen molar-refractivity contribution < 1.29 is 14.3 Å². The van der Waals surface area contributed by atoms with Crippen LogP contribution in [0.1, 0.15) is 61.3 Å². The Bertz CT molecular complexity index is 962. The maximum absolute atomic E-state index is 13.4. The number of ether oxygens (including phenoxy) is 1. The smallest absolute Gasteiger partial charge is 0.261 e. The van der Waals surface area contributed by atoms with Gasteiger partial charge in [0.25, 0.3) is 5.91 Å². The van der Waals surface area contributed by atoms with Gasteiger partial charge in [-0.2, -0.15) is 0 Å². The van der Waals surface area contributed by atoms with Crippen molar-refractivity contribution in [2.75, 3.05) is 6.61 Å². The van der Waals surface area contributed by atoms with E-state index in [4.69, 9.17) is 16.3 Å². The van der Waals surface area contributed by atoms with Gasteiger partial charge >= 0.3 is 0 Å². The normalized spacial score (nSPS) is 14.7. The molecule has 1 atom stereocenters. The summed E-state index contributed by atoms with van der Waals surface area (Å²) in [6.07, 6.45) is 4.83. The third-order valence-electron chi connectivity index (χ3n) is 6.46. The minimum absolute atomic E-state index is 0.0792. The van der Waals surface area contributed by atoms with Gasteiger partial charge in [0.05, 0.1) is 0 Å². The Labute approximate surface area is 202 Å². The summed E-state index contributed by atoms with van der Waals surface area (Å²) in [4.78, 5) is 28.3. The van der Waals surface area contributed by atoms with Crippen molar-refractivity contribution in [3.8, 4) is 5.75 Å². The molecule has 178 valence electrons. The summed E-state index contributed by atoms with van der Waals surface area (Å²) in [6, 6.07) is 11.3. The van der Waals surface area contributed by atoms with Gasteiger partial charge in [-0.25, -0.2) is 0 Å². The van der Waals surface area contributed by atoms with Gasteiger partial charge in [-0.3, -0.25) is 9.59 Å². The van der Waals surface area contributed by atoms with E-state index in [1.54, 1.807) is 4.90 Å². The molecule has 33 heavy (non-hydrogen) atoms. The van der Waals surface area contributed by atoms with E-state index in [-0.39, 0.29) is 24.5 Å². The van der Waals surface area contributed by atoms with E-state index in [0.29, 0.717) is 23.7 Å². The van der Waals surface area contributed by atoms with Crippen LogP contribution in [-0.2, 0) is 16.1 Å². The van der Waals surface area contributed by atoms with Crippen LogP contribution in [0.4, 0.5) is 0 Å². The van der Waals surface area contributed by atoms with Crippen molar-refractivity contribution >= 4 is 23.4 Å². The molecule has 1 saturated carbocycles. The first-order valence-corrected chi connectivity index (χ1v) is 12.2. The second-order valence-electron chi connectivity index (χ2n) is 9.02. The second kappa shape index (κ2) is 11.6. The van der Waals surface area contributed by atoms with Gasteiger partial charge in [-0.15, -0.1) is 0 Å². The van der Waals surface area contributed by atoms with Crippen molar-refractivity contribution in [2.45, 2.75) is 78.4 Å². The number of rotatable bonds is 9. The molecule has 0 spiro atoms. The first-order chi connectivity index (χ1) is 15.8. The first-order valence-electron chi connectivity index (χ1n) is 11.8. The maximum Gasteiger partial charge on any atom is 0.261 e. The van der Waals surface area contributed by atoms with Gasteiger partial charge in [0.1, 0.15) is 11.8 Å². The van der Waals surface area contributed by atoms with E-state index in [9.17, 15) is 9.59 Å². The summed E-state index contributed by atoms with van der Waals surface area (Å²) in [5, 5.41) is 3.87. The van der Waals surface area contributed by atoms with Crippen LogP contribution in [0.25, 0.3) is 0 Å². The molecule has 0 saturated heterocycles. The molecule has 1 aliphatic carbocycles. The van der Waals surface area contributed by atoms with Gasteiger partial charge < -0.3 is 15.0 Å². The third-order valence-corrected chi connectivity index (χ3v) is 7.06. The zero-order valence-corrected chi connectivity index (χ0v) is 20.9. The first kappa shape index (κ1) is 25.1. The molecule has 3 rings (SSSR count). The standard InChI is InChI=1S/C27H35ClN2O3/c1-5-24(27(32)29-22-12-8-9-13-22)30(16-21-11-7-6-10-18(21)2)25(31)17-33-23-14-19(3)26(28)20(4)15-23/h6-7,10-11,14-15,22,24H,5,8-9,12-13,16-17H2,1-4H3,(H,29,32). The summed E-state index contributed by atoms with van der Waals surface area (Å²) < 4.78 is 5.86. The molecule has 1 N–H and O–H groups in total. The predicted molar refractivity (Wildman–Crippen MR) is 133 cm³/mol. The fraction of sp³-hybridized carbons (Fsp3) is 0.481. The van der Waals surface area contributed by atoms with Crippen LogP contribution in [0.2, 0.25) is 5.02 Å². The Hall–Kier alpha value is -2.53. The third kappa shape index (κ3) is 6.50. The molecule has 0 radical (unpaired) electrons. The van der Waals surface area contributed by atoms with Crippen LogP contribution in [0.5, 0.6) is 5.75 Å². The quantitative estimate of drug-likeness (QED) is 0.525. The molecule has 0 bridgehead atoms. The molecule has 0 aromatic heterocycles. The molecule has 2 aromatic carbocycles. The van der Waals surface area contributed by atoms with Crippen molar-refractivity contribution in [3.63, 3.8) is 0 Å². The molecular formula is C27H35ClN2O3. The Kier molecular flexibility index (Phi) is 8.79. The predicted octanol–water partition coefficient (Wildman–Crippen LogP) is 5.51. The maximum atomic E-state index is 13.4. The zero-order chi connectivity index (χ0) is 24.0. The summed E-state index contributed by atoms with van der Waals surface area (Å²) >= 11 is 6.26. The topological polar surface area (TPSA) is 58.6 Å². The van der Waals surface area contributed by atoms with E-state index in [1.165, 1.54) is 0 Å². The van der Waals surface area contributed by atoms with Gasteiger partial charge in [0.2, 0.25) is 5.91 Å². The van der Waals surface area contributed by atoms with E-state index in [2.05, 4.69) is 5.32 Å². The summed E-state index contributed by atoms with van der Waals surface area (Å²) in [6.45, 7) is 8.02. The van der Waals surface area contributed by atoms with E-state index in [0.717, 1.165) is 47.9 Å². The van der Waals surface area contributed by atoms with Crippen LogP contribution in [-0.4, -0.2) is 35.4 Å². The second-order valence-corrected chi connectivity index (χ2v) is 9.40. The largest absolute Gasteiger partial charge is 0.484 e. The van der Waals surface area contributed by atoms with E-state index >= 15 is 0 Å². The Morgan fingerprint density at radius 2 is 1.73 bits per heavy atom. The lowest BCUT2D eigenvalue weighted by molar-refractivity contribution is -0.143. The molecule has 1 aliphatic rings. The number of benzene rings is 2. The van der Waals surface area contributed by atoms with Gasteiger partial charge in [-0.1, -0.05) is 55.6 Å². The summed E-state index contributed by atoms with van der Waals surface area (Å²) in [7, 11) is 0. The van der Waals surface area contributed by atoms with Crippen molar-refractivity contribution in [2.24, 2.45) is 0 Å². The fourth-order valence-corrected chi connectivity index (χ4v) is 4.58. The molecule has 0 heterocycles. The van der Waals surface area contributed by atoms with Crippen LogP contribution in [0.15, 0.2) is 36.4 Å². The molecule has 2 amide bonds. The highest BCUT2D eigenvalue weighted by Gasteiger charge is 2.31. The summed E-state index contributed by atoms with van der Waals surface area (Å²) in [5.41, 5.74) is 3.92. The monoisotopic (exact) mass is 470 g/mol. The highest BCUT2D eigenvalue weighted by atomic mass is 35.5. The SMILES string of the molecule is CCC(C(=O)NC1CCCC1)N(Cc1ccccc1C)C(=O)COc1cc(C)c(Cl)c(C)c1. The lowest BCUT2D eigenvalue weighted by Crippen LogP contribution is -2.52. The van der Waals surface area contributed by atoms with Crippen molar-refractivity contribution in [3.05, 3.63) is 63.7 Å². The molecule has 1 unspecified atom stereocenters. The number of nitrogens with one attached hydrogen (secondary N) is 1. The minimum Gasteiger partial charge on any atom is -0.484 e. The van der Waals surface area contributed by atoms with Crippen LogP contribution in [0, 0.1) is 20.8 Å². The fourth-order valence-electron chi connectivity index (χ4n) is 4.48. The molecule has 1 fully saturated rings. The number of nitrogens with zero attached hydrogens (tertiary/aromatic N) is 1. The lowest BCUT2D eigenvalue weighted by atomic mass is 10.1. The Morgan fingerprint density at radius 1 is 1.09 bits per heavy atom. The molecule has 0 aliphatic heterocycles. The van der Waals surface area contributed by atoms with Crippen LogP contribution < -0.4 is 10.1 Å². The number of carbonyl (C=O) groups excluding carboxylic acids is 2. The Balaban J connectivity index is 1.79.